The molecule has 0 bridgehead atoms. The molecule has 24 heavy (non-hydrogen) atoms. The molecule has 0 aliphatic carbocycles. The van der Waals surface area contributed by atoms with Gasteiger partial charge < -0.3 is 13.9 Å². The Hall–Kier alpha value is -2.18. The van der Waals surface area contributed by atoms with Crippen LogP contribution in [0, 0.1) is 0 Å². The van der Waals surface area contributed by atoms with Crippen molar-refractivity contribution in [2.45, 2.75) is 17.1 Å². The first-order valence-electron chi connectivity index (χ1n) is 7.37. The van der Waals surface area contributed by atoms with Crippen LogP contribution in [0.25, 0.3) is 0 Å². The number of aromatic nitrogens is 2. The number of hydrogen-bond acceptors (Lipinski definition) is 6. The van der Waals surface area contributed by atoms with Crippen molar-refractivity contribution in [3.05, 3.63) is 65.0 Å². The van der Waals surface area contributed by atoms with E-state index >= 15 is 0 Å². The molecule has 122 valence electrons. The molecule has 0 radical (unpaired) electrons. The summed E-state index contributed by atoms with van der Waals surface area (Å²) in [5.41, 5.74) is 1.13. The van der Waals surface area contributed by atoms with E-state index in [4.69, 9.17) is 25.5 Å². The molecule has 0 saturated carbocycles. The van der Waals surface area contributed by atoms with E-state index < -0.39 is 6.10 Å². The molecular weight excluding hydrogens is 348 g/mol. The fraction of sp³-hybridized carbons (Fsp3) is 0.176. The van der Waals surface area contributed by atoms with E-state index in [-0.39, 0.29) is 0 Å². The molecule has 0 spiro atoms. The van der Waals surface area contributed by atoms with Crippen LogP contribution in [0.1, 0.15) is 17.6 Å². The minimum Gasteiger partial charge on any atom is -0.485 e. The molecular formula is C17H13ClN2O3S. The number of hydrogen-bond donors (Lipinski definition) is 0. The van der Waals surface area contributed by atoms with Crippen LogP contribution in [0.3, 0.4) is 0 Å². The lowest BCUT2D eigenvalue weighted by Crippen LogP contribution is -2.21. The summed E-state index contributed by atoms with van der Waals surface area (Å²) in [6.45, 7) is 0.348. The molecule has 1 aromatic heterocycles. The average molecular weight is 361 g/mol. The average Bonchev–Trinajstić information content (AvgIpc) is 3.10. The largest absolute Gasteiger partial charge is 0.485 e. The van der Waals surface area contributed by atoms with E-state index in [1.807, 2.05) is 48.5 Å². The first kappa shape index (κ1) is 15.4. The van der Waals surface area contributed by atoms with Crippen LogP contribution in [0.5, 0.6) is 11.5 Å². The Balaban J connectivity index is 1.41. The number of rotatable bonds is 4. The maximum atomic E-state index is 5.88. The molecule has 0 unspecified atom stereocenters. The number of fused-ring (bicyclic) bond motifs is 1. The molecule has 1 aliphatic rings. The standard InChI is InChI=1S/C17H13ClN2O3S/c18-12-7-5-11(6-8-12)10-24-17-20-19-16(23-17)15-9-21-13-3-1-2-4-14(13)22-15/h1-8,15H,9-10H2/t15-/m0/s1. The van der Waals surface area contributed by atoms with Gasteiger partial charge in [-0.15, -0.1) is 10.2 Å². The zero-order valence-electron chi connectivity index (χ0n) is 12.5. The van der Waals surface area contributed by atoms with Gasteiger partial charge in [-0.05, 0) is 29.8 Å². The lowest BCUT2D eigenvalue weighted by molar-refractivity contribution is 0.0686. The third-order valence-electron chi connectivity index (χ3n) is 3.48. The first-order valence-corrected chi connectivity index (χ1v) is 8.73. The van der Waals surface area contributed by atoms with Crippen molar-refractivity contribution in [3.8, 4) is 11.5 Å². The lowest BCUT2D eigenvalue weighted by Gasteiger charge is -2.23. The summed E-state index contributed by atoms with van der Waals surface area (Å²) in [6.07, 6.45) is -0.391. The fourth-order valence-corrected chi connectivity index (χ4v) is 3.13. The second kappa shape index (κ2) is 6.75. The quantitative estimate of drug-likeness (QED) is 0.637. The second-order valence-corrected chi connectivity index (χ2v) is 6.55. The molecule has 1 aliphatic heterocycles. The molecule has 2 heterocycles. The minimum absolute atomic E-state index is 0.348. The fourth-order valence-electron chi connectivity index (χ4n) is 2.28. The molecule has 2 aromatic carbocycles. The van der Waals surface area contributed by atoms with Gasteiger partial charge in [0.05, 0.1) is 0 Å². The Morgan fingerprint density at radius 3 is 2.67 bits per heavy atom. The van der Waals surface area contributed by atoms with Crippen LogP contribution in [-0.2, 0) is 5.75 Å². The van der Waals surface area contributed by atoms with E-state index in [0.29, 0.717) is 23.5 Å². The van der Waals surface area contributed by atoms with Gasteiger partial charge in [0.1, 0.15) is 6.61 Å². The van der Waals surface area contributed by atoms with Gasteiger partial charge >= 0.3 is 0 Å². The highest BCUT2D eigenvalue weighted by molar-refractivity contribution is 7.98. The minimum atomic E-state index is -0.391. The molecule has 0 N–H and O–H groups in total. The van der Waals surface area contributed by atoms with Crippen molar-refractivity contribution >= 4 is 23.4 Å². The molecule has 1 atom stereocenters. The highest BCUT2D eigenvalue weighted by Crippen LogP contribution is 2.36. The second-order valence-electron chi connectivity index (χ2n) is 5.19. The van der Waals surface area contributed by atoms with Gasteiger partial charge in [-0.2, -0.15) is 0 Å². The van der Waals surface area contributed by atoms with Gasteiger partial charge in [0.25, 0.3) is 11.1 Å². The summed E-state index contributed by atoms with van der Waals surface area (Å²) in [7, 11) is 0. The van der Waals surface area contributed by atoms with Crippen LogP contribution in [0.15, 0.2) is 58.2 Å². The highest BCUT2D eigenvalue weighted by atomic mass is 35.5. The molecule has 0 saturated heterocycles. The maximum Gasteiger partial charge on any atom is 0.277 e. The van der Waals surface area contributed by atoms with Crippen molar-refractivity contribution in [1.29, 1.82) is 0 Å². The van der Waals surface area contributed by atoms with Gasteiger partial charge in [0.15, 0.2) is 11.5 Å². The summed E-state index contributed by atoms with van der Waals surface area (Å²) < 4.78 is 17.2. The topological polar surface area (TPSA) is 57.4 Å². The maximum absolute atomic E-state index is 5.88. The SMILES string of the molecule is Clc1ccc(CSc2nnc([C@@H]3COc4ccccc4O3)o2)cc1. The lowest BCUT2D eigenvalue weighted by atomic mass is 10.2. The number of nitrogens with zero attached hydrogens (tertiary/aromatic N) is 2. The van der Waals surface area contributed by atoms with E-state index in [1.54, 1.807) is 0 Å². The Morgan fingerprint density at radius 2 is 1.83 bits per heavy atom. The van der Waals surface area contributed by atoms with E-state index in [1.165, 1.54) is 11.8 Å². The predicted octanol–water partition coefficient (Wildman–Crippen LogP) is 4.53. The van der Waals surface area contributed by atoms with Crippen LogP contribution >= 0.6 is 23.4 Å². The number of para-hydroxylation sites is 2. The van der Waals surface area contributed by atoms with Gasteiger partial charge in [0.2, 0.25) is 6.10 Å². The Kier molecular flexibility index (Phi) is 4.32. The molecule has 4 rings (SSSR count). The smallest absolute Gasteiger partial charge is 0.277 e. The Bertz CT molecular complexity index is 838. The zero-order chi connectivity index (χ0) is 16.4. The summed E-state index contributed by atoms with van der Waals surface area (Å²) in [4.78, 5) is 0. The van der Waals surface area contributed by atoms with Gasteiger partial charge in [-0.25, -0.2) is 0 Å². The van der Waals surface area contributed by atoms with Crippen LogP contribution in [0.4, 0.5) is 0 Å². The van der Waals surface area contributed by atoms with E-state index in [2.05, 4.69) is 10.2 Å². The molecule has 0 fully saturated rings. The van der Waals surface area contributed by atoms with Crippen molar-refractivity contribution in [2.24, 2.45) is 0 Å². The zero-order valence-corrected chi connectivity index (χ0v) is 14.1. The predicted molar refractivity (Wildman–Crippen MR) is 90.6 cm³/mol. The van der Waals surface area contributed by atoms with Crippen molar-refractivity contribution in [1.82, 2.24) is 10.2 Å². The van der Waals surface area contributed by atoms with E-state index in [0.717, 1.165) is 22.1 Å². The summed E-state index contributed by atoms with van der Waals surface area (Å²) in [6, 6.07) is 15.2. The van der Waals surface area contributed by atoms with Crippen LogP contribution < -0.4 is 9.47 Å². The van der Waals surface area contributed by atoms with Gasteiger partial charge in [-0.1, -0.05) is 47.6 Å². The van der Waals surface area contributed by atoms with E-state index in [9.17, 15) is 0 Å². The summed E-state index contributed by atoms with van der Waals surface area (Å²) in [5, 5.41) is 9.36. The first-order chi connectivity index (χ1) is 11.8. The molecule has 5 nitrogen and oxygen atoms in total. The Morgan fingerprint density at radius 1 is 1.04 bits per heavy atom. The highest BCUT2D eigenvalue weighted by Gasteiger charge is 2.27. The third-order valence-corrected chi connectivity index (χ3v) is 4.62. The van der Waals surface area contributed by atoms with Crippen molar-refractivity contribution in [2.75, 3.05) is 6.61 Å². The van der Waals surface area contributed by atoms with Gasteiger partial charge in [0, 0.05) is 10.8 Å². The van der Waals surface area contributed by atoms with Crippen molar-refractivity contribution in [3.63, 3.8) is 0 Å². The summed E-state index contributed by atoms with van der Waals surface area (Å²) in [5.74, 6) is 2.56. The third kappa shape index (κ3) is 3.34. The monoisotopic (exact) mass is 360 g/mol. The molecule has 3 aromatic rings. The van der Waals surface area contributed by atoms with Crippen LogP contribution in [-0.4, -0.2) is 16.8 Å². The number of benzene rings is 2. The van der Waals surface area contributed by atoms with Gasteiger partial charge in [-0.3, -0.25) is 0 Å². The number of halogens is 1. The molecule has 7 heteroatoms. The Labute approximate surface area is 147 Å². The van der Waals surface area contributed by atoms with Crippen molar-refractivity contribution < 1.29 is 13.9 Å². The normalized spacial score (nSPS) is 16.1. The number of thioether (sulfide) groups is 1. The number of ether oxygens (including phenoxy) is 2. The summed E-state index contributed by atoms with van der Waals surface area (Å²) >= 11 is 7.35. The van der Waals surface area contributed by atoms with Crippen LogP contribution in [0.2, 0.25) is 5.02 Å². The molecule has 0 amide bonds.